The highest BCUT2D eigenvalue weighted by Crippen LogP contribution is 2.19. The highest BCUT2D eigenvalue weighted by atomic mass is 79.9. The van der Waals surface area contributed by atoms with E-state index in [0.717, 1.165) is 16.6 Å². The second-order valence-electron chi connectivity index (χ2n) is 4.19. The Morgan fingerprint density at radius 3 is 2.95 bits per heavy atom. The Hall–Kier alpha value is -1.82. The number of carbonyl (C=O) groups excluding carboxylic acids is 1. The summed E-state index contributed by atoms with van der Waals surface area (Å²) in [6.07, 6.45) is 2.48. The fourth-order valence-electron chi connectivity index (χ4n) is 1.76. The minimum absolute atomic E-state index is 0.138. The van der Waals surface area contributed by atoms with Crippen molar-refractivity contribution in [2.45, 2.75) is 6.42 Å². The second kappa shape index (κ2) is 5.88. The molecular weight excluding hydrogens is 308 g/mol. The largest absolute Gasteiger partial charge is 0.399 e. The number of nitrogens with one attached hydrogen (secondary N) is 1. The van der Waals surface area contributed by atoms with E-state index in [1.807, 2.05) is 13.1 Å². The Bertz CT molecular complexity index is 594. The molecule has 0 aliphatic heterocycles. The number of halogens is 1. The average Bonchev–Trinajstić information content (AvgIpc) is 2.78. The summed E-state index contributed by atoms with van der Waals surface area (Å²) < 4.78 is 2.53. The number of aromatic nitrogens is 2. The monoisotopic (exact) mass is 322 g/mol. The first-order valence-electron chi connectivity index (χ1n) is 5.88. The van der Waals surface area contributed by atoms with Gasteiger partial charge in [-0.15, -0.1) is 0 Å². The van der Waals surface area contributed by atoms with Crippen LogP contribution in [0, 0.1) is 0 Å². The molecule has 0 spiro atoms. The quantitative estimate of drug-likeness (QED) is 0.842. The number of nitrogens with zero attached hydrogens (tertiary/aromatic N) is 2. The number of hydrogen-bond donors (Lipinski definition) is 2. The number of hydrogen-bond acceptors (Lipinski definition) is 3. The van der Waals surface area contributed by atoms with Crippen molar-refractivity contribution < 1.29 is 4.79 Å². The highest BCUT2D eigenvalue weighted by Gasteiger charge is 2.10. The summed E-state index contributed by atoms with van der Waals surface area (Å²) in [7, 11) is 1.88. The Morgan fingerprint density at radius 1 is 1.47 bits per heavy atom. The van der Waals surface area contributed by atoms with Crippen molar-refractivity contribution >= 4 is 27.5 Å². The Labute approximate surface area is 119 Å². The Balaban J connectivity index is 1.94. The van der Waals surface area contributed by atoms with Crippen molar-refractivity contribution in [3.05, 3.63) is 46.2 Å². The Morgan fingerprint density at radius 2 is 2.26 bits per heavy atom. The van der Waals surface area contributed by atoms with Crippen LogP contribution < -0.4 is 11.1 Å². The SMILES string of the molecule is Cn1nccc1CCNC(=O)c1cc(N)ccc1Br. The summed E-state index contributed by atoms with van der Waals surface area (Å²) in [5.41, 5.74) is 7.87. The van der Waals surface area contributed by atoms with Crippen LogP contribution in [0.3, 0.4) is 0 Å². The van der Waals surface area contributed by atoms with Crippen LogP contribution in [0.2, 0.25) is 0 Å². The zero-order chi connectivity index (χ0) is 13.8. The molecule has 5 nitrogen and oxygen atoms in total. The number of carbonyl (C=O) groups is 1. The van der Waals surface area contributed by atoms with Crippen LogP contribution in [0.25, 0.3) is 0 Å². The van der Waals surface area contributed by atoms with Gasteiger partial charge in [-0.2, -0.15) is 5.10 Å². The summed E-state index contributed by atoms with van der Waals surface area (Å²) in [6.45, 7) is 0.555. The van der Waals surface area contributed by atoms with Crippen molar-refractivity contribution in [2.75, 3.05) is 12.3 Å². The first-order valence-corrected chi connectivity index (χ1v) is 6.67. The molecular formula is C13H15BrN4O. The lowest BCUT2D eigenvalue weighted by Crippen LogP contribution is -2.26. The third-order valence-corrected chi connectivity index (χ3v) is 3.52. The van der Waals surface area contributed by atoms with E-state index in [1.165, 1.54) is 0 Å². The highest BCUT2D eigenvalue weighted by molar-refractivity contribution is 9.10. The summed E-state index contributed by atoms with van der Waals surface area (Å²) in [4.78, 5) is 12.0. The number of amides is 1. The molecule has 0 unspecified atom stereocenters. The molecule has 0 saturated heterocycles. The molecule has 3 N–H and O–H groups in total. The molecule has 2 aromatic rings. The molecule has 0 bridgehead atoms. The molecule has 2 rings (SSSR count). The van der Waals surface area contributed by atoms with E-state index < -0.39 is 0 Å². The van der Waals surface area contributed by atoms with Gasteiger partial charge in [-0.25, -0.2) is 0 Å². The van der Waals surface area contributed by atoms with Crippen LogP contribution in [-0.2, 0) is 13.5 Å². The minimum Gasteiger partial charge on any atom is -0.399 e. The Kier molecular flexibility index (Phi) is 4.21. The van der Waals surface area contributed by atoms with Crippen molar-refractivity contribution in [3.63, 3.8) is 0 Å². The van der Waals surface area contributed by atoms with Crippen LogP contribution in [0.5, 0.6) is 0 Å². The van der Waals surface area contributed by atoms with E-state index >= 15 is 0 Å². The van der Waals surface area contributed by atoms with Crippen LogP contribution in [0.4, 0.5) is 5.69 Å². The van der Waals surface area contributed by atoms with E-state index in [-0.39, 0.29) is 5.91 Å². The number of aryl methyl sites for hydroxylation is 1. The fourth-order valence-corrected chi connectivity index (χ4v) is 2.19. The van der Waals surface area contributed by atoms with Crippen LogP contribution >= 0.6 is 15.9 Å². The zero-order valence-electron chi connectivity index (χ0n) is 10.6. The van der Waals surface area contributed by atoms with Gasteiger partial charge in [0.15, 0.2) is 0 Å². The molecule has 0 radical (unpaired) electrons. The first-order chi connectivity index (χ1) is 9.08. The molecule has 6 heteroatoms. The fraction of sp³-hybridized carbons (Fsp3) is 0.231. The van der Waals surface area contributed by atoms with Crippen LogP contribution in [-0.4, -0.2) is 22.2 Å². The molecule has 1 amide bonds. The molecule has 1 heterocycles. The van der Waals surface area contributed by atoms with Crippen molar-refractivity contribution in [2.24, 2.45) is 7.05 Å². The van der Waals surface area contributed by atoms with Gasteiger partial charge in [-0.3, -0.25) is 9.48 Å². The summed E-state index contributed by atoms with van der Waals surface area (Å²) in [6, 6.07) is 7.11. The van der Waals surface area contributed by atoms with Crippen molar-refractivity contribution in [3.8, 4) is 0 Å². The molecule has 0 atom stereocenters. The predicted octanol–water partition coefficient (Wildman–Crippen LogP) is 1.74. The first kappa shape index (κ1) is 13.6. The number of benzene rings is 1. The number of nitrogen functional groups attached to an aromatic ring is 1. The van der Waals surface area contributed by atoms with E-state index in [0.29, 0.717) is 17.8 Å². The summed E-state index contributed by atoms with van der Waals surface area (Å²) >= 11 is 3.34. The topological polar surface area (TPSA) is 72.9 Å². The normalized spacial score (nSPS) is 10.4. The average molecular weight is 323 g/mol. The van der Waals surface area contributed by atoms with E-state index in [4.69, 9.17) is 5.73 Å². The molecule has 0 aliphatic rings. The predicted molar refractivity (Wildman–Crippen MR) is 77.8 cm³/mol. The molecule has 0 aliphatic carbocycles. The molecule has 1 aromatic heterocycles. The van der Waals surface area contributed by atoms with Crippen molar-refractivity contribution in [1.82, 2.24) is 15.1 Å². The summed E-state index contributed by atoms with van der Waals surface area (Å²) in [5.74, 6) is -0.138. The van der Waals surface area contributed by atoms with Gasteiger partial charge in [0.05, 0.1) is 5.56 Å². The number of rotatable bonds is 4. The lowest BCUT2D eigenvalue weighted by Gasteiger charge is -2.08. The maximum atomic E-state index is 12.0. The van der Waals surface area contributed by atoms with E-state index in [1.54, 1.807) is 29.1 Å². The lowest BCUT2D eigenvalue weighted by atomic mass is 10.2. The second-order valence-corrected chi connectivity index (χ2v) is 5.05. The van der Waals surface area contributed by atoms with Crippen molar-refractivity contribution in [1.29, 1.82) is 0 Å². The van der Waals surface area contributed by atoms with Crippen LogP contribution in [0.15, 0.2) is 34.9 Å². The van der Waals surface area contributed by atoms with Gasteiger partial charge in [0, 0.05) is 42.1 Å². The molecule has 0 fully saturated rings. The third-order valence-electron chi connectivity index (χ3n) is 2.82. The van der Waals surface area contributed by atoms with Gasteiger partial charge in [0.25, 0.3) is 5.91 Å². The smallest absolute Gasteiger partial charge is 0.252 e. The third kappa shape index (κ3) is 3.35. The minimum atomic E-state index is -0.138. The van der Waals surface area contributed by atoms with E-state index in [9.17, 15) is 4.79 Å². The number of anilines is 1. The maximum Gasteiger partial charge on any atom is 0.252 e. The molecule has 0 saturated carbocycles. The lowest BCUT2D eigenvalue weighted by molar-refractivity contribution is 0.0953. The van der Waals surface area contributed by atoms with Crippen LogP contribution in [0.1, 0.15) is 16.1 Å². The molecule has 1 aromatic carbocycles. The van der Waals surface area contributed by atoms with E-state index in [2.05, 4.69) is 26.3 Å². The number of nitrogens with two attached hydrogens (primary N) is 1. The maximum absolute atomic E-state index is 12.0. The van der Waals surface area contributed by atoms with Gasteiger partial charge in [0.1, 0.15) is 0 Å². The molecule has 100 valence electrons. The van der Waals surface area contributed by atoms with Gasteiger partial charge < -0.3 is 11.1 Å². The molecule has 19 heavy (non-hydrogen) atoms. The van der Waals surface area contributed by atoms with Gasteiger partial charge in [-0.05, 0) is 40.2 Å². The zero-order valence-corrected chi connectivity index (χ0v) is 12.1. The van der Waals surface area contributed by atoms with Gasteiger partial charge in [-0.1, -0.05) is 0 Å². The van der Waals surface area contributed by atoms with Gasteiger partial charge >= 0.3 is 0 Å². The standard InChI is InChI=1S/C13H15BrN4O/c1-18-10(5-7-17-18)4-6-16-13(19)11-8-9(15)2-3-12(11)14/h2-3,5,7-8H,4,6,15H2,1H3,(H,16,19). The summed E-state index contributed by atoms with van der Waals surface area (Å²) in [5, 5.41) is 6.95. The van der Waals surface area contributed by atoms with Gasteiger partial charge in [0.2, 0.25) is 0 Å².